The highest BCUT2D eigenvalue weighted by atomic mass is 19.3. The molecule has 0 spiro atoms. The monoisotopic (exact) mass is 844 g/mol. The fourth-order valence-electron chi connectivity index (χ4n) is 10.3. The Morgan fingerprint density at radius 3 is 2.61 bits per heavy atom. The molecule has 8 rings (SSSR count). The zero-order valence-corrected chi connectivity index (χ0v) is 34.9. The number of likely N-dealkylation sites (tertiary alicyclic amines) is 3. The van der Waals surface area contributed by atoms with Gasteiger partial charge in [0.05, 0.1) is 18.2 Å². The van der Waals surface area contributed by atoms with Crippen LogP contribution in [0.25, 0.3) is 0 Å². The van der Waals surface area contributed by atoms with Crippen LogP contribution < -0.4 is 21.7 Å². The molecule has 15 nitrogen and oxygen atoms in total. The molecule has 0 aromatic heterocycles. The number of nitrogens with one attached hydrogen (secondary N) is 4. The second-order valence-corrected chi connectivity index (χ2v) is 17.2. The summed E-state index contributed by atoms with van der Waals surface area (Å²) in [5, 5.41) is 19.0. The highest BCUT2D eigenvalue weighted by Crippen LogP contribution is 2.39. The number of nitrogens with two attached hydrogens (primary N) is 1. The summed E-state index contributed by atoms with van der Waals surface area (Å²) in [6.45, 7) is 7.21. The minimum atomic E-state index is -2.68. The molecule has 3 atom stereocenters. The van der Waals surface area contributed by atoms with E-state index in [1.165, 1.54) is 12.4 Å². The molecule has 6 aliphatic heterocycles. The highest BCUT2D eigenvalue weighted by Gasteiger charge is 2.48. The number of hydrogen-bond acceptors (Lipinski definition) is 12. The molecule has 17 heteroatoms. The van der Waals surface area contributed by atoms with E-state index in [0.717, 1.165) is 94.0 Å². The topological polar surface area (TPSA) is 189 Å². The van der Waals surface area contributed by atoms with Gasteiger partial charge in [-0.25, -0.2) is 8.78 Å². The van der Waals surface area contributed by atoms with Gasteiger partial charge in [-0.05, 0) is 63.0 Å². The maximum Gasteiger partial charge on any atom is 0.265 e. The molecule has 4 fully saturated rings. The van der Waals surface area contributed by atoms with Crippen molar-refractivity contribution in [2.45, 2.75) is 94.8 Å². The predicted octanol–water partition coefficient (Wildman–Crippen LogP) is 2.26. The number of piperidine rings is 3. The van der Waals surface area contributed by atoms with Gasteiger partial charge in [0.25, 0.3) is 18.2 Å². The highest BCUT2D eigenvalue weighted by molar-refractivity contribution is 6.23. The van der Waals surface area contributed by atoms with Crippen molar-refractivity contribution >= 4 is 35.7 Å². The molecule has 3 unspecified atom stereocenters. The normalized spacial score (nSPS) is 27.6. The zero-order valence-electron chi connectivity index (χ0n) is 34.9. The van der Waals surface area contributed by atoms with Crippen molar-refractivity contribution in [3.8, 4) is 0 Å². The lowest BCUT2D eigenvalue weighted by atomic mass is 9.78. The third-order valence-corrected chi connectivity index (χ3v) is 13.5. The summed E-state index contributed by atoms with van der Waals surface area (Å²) >= 11 is 0. The van der Waals surface area contributed by atoms with E-state index >= 15 is 0 Å². The quantitative estimate of drug-likeness (QED) is 0.0793. The smallest absolute Gasteiger partial charge is 0.265 e. The van der Waals surface area contributed by atoms with E-state index in [2.05, 4.69) is 30.7 Å². The Morgan fingerprint density at radius 1 is 1.07 bits per heavy atom. The zero-order chi connectivity index (χ0) is 42.8. The van der Waals surface area contributed by atoms with Gasteiger partial charge in [-0.3, -0.25) is 49.6 Å². The van der Waals surface area contributed by atoms with Crippen molar-refractivity contribution < 1.29 is 32.7 Å². The Labute approximate surface area is 355 Å². The Kier molecular flexibility index (Phi) is 13.0. The Bertz CT molecular complexity index is 2030. The van der Waals surface area contributed by atoms with Gasteiger partial charge >= 0.3 is 0 Å². The largest absolute Gasteiger partial charge is 0.493 e. The van der Waals surface area contributed by atoms with E-state index < -0.39 is 36.1 Å². The standard InChI is InChI=1S/C44H58F2N10O5/c1-49-22-27(21-47)31-19-26-5-3-15-55(36(26)20-32(31)40(45)46)41(48)33-23-50-13-10-34(33)51-28-11-16-54(17-12-28)29-24-53(25-29)14-4-18-61-37-7-2-6-30-39(37)44(60)56(43(30)59)35-8-9-38(57)52-42(35)58/h7,19-22,26,28-29,35-36,40,48,50-51H,2-6,8-18,23-25,47H2,1H3,(H,52,57,58). The van der Waals surface area contributed by atoms with E-state index in [-0.39, 0.29) is 35.9 Å². The number of amides is 4. The summed E-state index contributed by atoms with van der Waals surface area (Å²) in [7, 11) is 1.59. The Balaban J connectivity index is 0.791. The van der Waals surface area contributed by atoms with Crippen LogP contribution in [0.2, 0.25) is 0 Å². The fourth-order valence-corrected chi connectivity index (χ4v) is 10.3. The van der Waals surface area contributed by atoms with Crippen molar-refractivity contribution in [3.05, 3.63) is 69.3 Å². The second-order valence-electron chi connectivity index (χ2n) is 17.2. The second kappa shape index (κ2) is 18.5. The third kappa shape index (κ3) is 8.73. The van der Waals surface area contributed by atoms with Crippen molar-refractivity contribution in [1.82, 2.24) is 35.6 Å². The van der Waals surface area contributed by atoms with E-state index in [9.17, 15) is 33.4 Å². The number of imide groups is 2. The molecule has 2 aliphatic carbocycles. The molecule has 4 amide bonds. The Hall–Kier alpha value is -5.00. The van der Waals surface area contributed by atoms with Crippen molar-refractivity contribution in [1.29, 1.82) is 5.41 Å². The number of fused-ring (bicyclic) bond motifs is 1. The Morgan fingerprint density at radius 2 is 1.87 bits per heavy atom. The van der Waals surface area contributed by atoms with Gasteiger partial charge in [-0.1, -0.05) is 12.2 Å². The molecule has 0 saturated carbocycles. The molecule has 328 valence electrons. The average Bonchev–Trinajstić information content (AvgIpc) is 3.50. The van der Waals surface area contributed by atoms with Crippen molar-refractivity contribution in [2.24, 2.45) is 16.6 Å². The first-order valence-electron chi connectivity index (χ1n) is 21.9. The number of carbonyl (C=O) groups excluding carboxylic acids is 4. The first kappa shape index (κ1) is 42.7. The number of carbonyl (C=O) groups is 4. The van der Waals surface area contributed by atoms with Crippen LogP contribution in [0.3, 0.4) is 0 Å². The summed E-state index contributed by atoms with van der Waals surface area (Å²) in [5.74, 6) is -1.21. The van der Waals surface area contributed by atoms with Crippen LogP contribution in [0.1, 0.15) is 64.2 Å². The van der Waals surface area contributed by atoms with Gasteiger partial charge in [0, 0.05) is 131 Å². The van der Waals surface area contributed by atoms with Crippen molar-refractivity contribution in [3.63, 3.8) is 0 Å². The lowest BCUT2D eigenvalue weighted by Crippen LogP contribution is -2.61. The van der Waals surface area contributed by atoms with Gasteiger partial charge in [-0.2, -0.15) is 0 Å². The van der Waals surface area contributed by atoms with Crippen LogP contribution in [0, 0.1) is 11.3 Å². The fraction of sp³-hybridized carbons (Fsp3) is 0.591. The van der Waals surface area contributed by atoms with E-state index in [1.807, 2.05) is 17.1 Å². The number of allylic oxidation sites excluding steroid dienone is 4. The predicted molar refractivity (Wildman–Crippen MR) is 225 cm³/mol. The number of halogens is 2. The number of alkyl halides is 2. The number of hydrogen-bond donors (Lipinski definition) is 5. The van der Waals surface area contributed by atoms with Crippen molar-refractivity contribution in [2.75, 3.05) is 66.0 Å². The van der Waals surface area contributed by atoms with Crippen LogP contribution in [-0.4, -0.2) is 152 Å². The molecule has 0 radical (unpaired) electrons. The molecule has 0 bridgehead atoms. The first-order chi connectivity index (χ1) is 29.6. The van der Waals surface area contributed by atoms with Crippen LogP contribution >= 0.6 is 0 Å². The van der Waals surface area contributed by atoms with Gasteiger partial charge < -0.3 is 26.0 Å². The van der Waals surface area contributed by atoms with E-state index in [0.29, 0.717) is 72.9 Å². The number of rotatable bonds is 13. The molecule has 6 heterocycles. The van der Waals surface area contributed by atoms with Crippen LogP contribution in [-0.2, 0) is 23.9 Å². The summed E-state index contributed by atoms with van der Waals surface area (Å²) in [6.07, 6.45) is 12.0. The first-order valence-corrected chi connectivity index (χ1v) is 21.9. The summed E-state index contributed by atoms with van der Waals surface area (Å²) in [4.78, 5) is 62.7. The molecule has 6 N–H and O–H groups in total. The summed E-state index contributed by atoms with van der Waals surface area (Å²) in [5.41, 5.74) is 9.33. The molecule has 0 aromatic rings. The van der Waals surface area contributed by atoms with Crippen LogP contribution in [0.5, 0.6) is 0 Å². The van der Waals surface area contributed by atoms with Gasteiger partial charge in [0.2, 0.25) is 11.8 Å². The average molecular weight is 845 g/mol. The molecule has 0 aromatic carbocycles. The van der Waals surface area contributed by atoms with E-state index in [4.69, 9.17) is 10.5 Å². The SMILES string of the molecule is CN=CC(=CN)C1=CC2CCCN(C(=N)C3=C(NC4CCN(C5CN(CCCOC6=CCCC7=C6C(=O)N(C6CCC(=O)NC6=O)C7=O)C5)CC4)CCNC3)C2C=C1C(F)F. The third-order valence-electron chi connectivity index (χ3n) is 13.5. The maximum atomic E-state index is 14.5. The number of nitrogens with zero attached hydrogens (tertiary/aromatic N) is 5. The maximum absolute atomic E-state index is 14.5. The lowest BCUT2D eigenvalue weighted by Gasteiger charge is -2.48. The number of ether oxygens (including phenoxy) is 1. The van der Waals surface area contributed by atoms with Gasteiger partial charge in [0.15, 0.2) is 0 Å². The molecular weight excluding hydrogens is 787 g/mol. The molecule has 61 heavy (non-hydrogen) atoms. The van der Waals surface area contributed by atoms with Gasteiger partial charge in [-0.15, -0.1) is 0 Å². The minimum Gasteiger partial charge on any atom is -0.493 e. The van der Waals surface area contributed by atoms with Gasteiger partial charge in [0.1, 0.15) is 17.6 Å². The molecular formula is C44H58F2N10O5. The summed E-state index contributed by atoms with van der Waals surface area (Å²) in [6, 6.07) is -0.530. The van der Waals surface area contributed by atoms with Crippen LogP contribution in [0.4, 0.5) is 8.78 Å². The number of amidine groups is 1. The van der Waals surface area contributed by atoms with Crippen LogP contribution in [0.15, 0.2) is 74.3 Å². The molecule has 8 aliphatic rings. The molecule has 4 saturated heterocycles. The van der Waals surface area contributed by atoms with E-state index in [1.54, 1.807) is 13.1 Å². The minimum absolute atomic E-state index is 0.0143. The summed E-state index contributed by atoms with van der Waals surface area (Å²) < 4.78 is 35.0. The lowest BCUT2D eigenvalue weighted by molar-refractivity contribution is -0.150. The number of aliphatic imine (C=N–C) groups is 1.